The number of halogens is 1. The van der Waals surface area contributed by atoms with Gasteiger partial charge in [-0.3, -0.25) is 0 Å². The van der Waals surface area contributed by atoms with Crippen molar-refractivity contribution in [2.75, 3.05) is 18.8 Å². The molecule has 1 aliphatic carbocycles. The number of nitrogen functional groups attached to an aromatic ring is 1. The monoisotopic (exact) mass is 220 g/mol. The average Bonchev–Trinajstić information content (AvgIpc) is 2.62. The molecule has 2 atom stereocenters. The van der Waals surface area contributed by atoms with Crippen molar-refractivity contribution in [3.05, 3.63) is 29.6 Å². The molecule has 0 radical (unpaired) electrons. The molecule has 2 aliphatic rings. The van der Waals surface area contributed by atoms with E-state index in [9.17, 15) is 4.39 Å². The fraction of sp³-hybridized carbons (Fsp3) is 0.538. The van der Waals surface area contributed by atoms with E-state index in [2.05, 4.69) is 12.2 Å². The lowest BCUT2D eigenvalue weighted by Gasteiger charge is -2.20. The van der Waals surface area contributed by atoms with E-state index in [1.165, 1.54) is 6.07 Å². The molecule has 0 amide bonds. The van der Waals surface area contributed by atoms with Crippen LogP contribution in [0.4, 0.5) is 10.1 Å². The van der Waals surface area contributed by atoms with Crippen LogP contribution in [0, 0.1) is 17.7 Å². The second-order valence-corrected chi connectivity index (χ2v) is 5.04. The molecule has 3 N–H and O–H groups in total. The summed E-state index contributed by atoms with van der Waals surface area (Å²) < 4.78 is 13.4. The molecule has 0 spiro atoms. The van der Waals surface area contributed by atoms with Gasteiger partial charge in [-0.15, -0.1) is 0 Å². The van der Waals surface area contributed by atoms with Gasteiger partial charge in [0.1, 0.15) is 5.82 Å². The quantitative estimate of drug-likeness (QED) is 0.747. The highest BCUT2D eigenvalue weighted by molar-refractivity contribution is 5.48. The van der Waals surface area contributed by atoms with E-state index in [0.717, 1.165) is 25.1 Å². The van der Waals surface area contributed by atoms with Crippen molar-refractivity contribution in [3.63, 3.8) is 0 Å². The summed E-state index contributed by atoms with van der Waals surface area (Å²) in [6.45, 7) is 4.32. The Bertz CT molecular complexity index is 400. The maximum Gasteiger partial charge on any atom is 0.125 e. The number of hydrogen-bond acceptors (Lipinski definition) is 2. The minimum absolute atomic E-state index is 0.196. The van der Waals surface area contributed by atoms with Crippen molar-refractivity contribution in [2.24, 2.45) is 11.8 Å². The van der Waals surface area contributed by atoms with Crippen molar-refractivity contribution in [1.82, 2.24) is 5.32 Å². The number of anilines is 1. The van der Waals surface area contributed by atoms with Gasteiger partial charge < -0.3 is 11.1 Å². The second kappa shape index (κ2) is 3.20. The number of nitrogens with two attached hydrogens (primary N) is 1. The number of piperidine rings is 1. The summed E-state index contributed by atoms with van der Waals surface area (Å²) in [6.07, 6.45) is 1.08. The minimum atomic E-state index is -0.208. The molecule has 2 unspecified atom stereocenters. The molecule has 3 heteroatoms. The third-order valence-electron chi connectivity index (χ3n) is 4.47. The van der Waals surface area contributed by atoms with Gasteiger partial charge >= 0.3 is 0 Å². The second-order valence-electron chi connectivity index (χ2n) is 5.04. The number of fused-ring (bicyclic) bond motifs is 1. The first-order chi connectivity index (χ1) is 7.68. The normalized spacial score (nSPS) is 36.1. The lowest BCUT2D eigenvalue weighted by molar-refractivity contribution is 0.498. The Morgan fingerprint density at radius 3 is 2.62 bits per heavy atom. The number of rotatable bonds is 2. The molecule has 2 fully saturated rings. The Morgan fingerprint density at radius 2 is 2.06 bits per heavy atom. The Hall–Kier alpha value is -1.09. The number of benzene rings is 1. The molecule has 1 heterocycles. The van der Waals surface area contributed by atoms with Crippen LogP contribution >= 0.6 is 0 Å². The lowest BCUT2D eigenvalue weighted by Crippen LogP contribution is -2.25. The summed E-state index contributed by atoms with van der Waals surface area (Å²) in [7, 11) is 0. The van der Waals surface area contributed by atoms with E-state index in [-0.39, 0.29) is 11.2 Å². The zero-order valence-corrected chi connectivity index (χ0v) is 9.46. The van der Waals surface area contributed by atoms with Gasteiger partial charge in [0.15, 0.2) is 0 Å². The van der Waals surface area contributed by atoms with E-state index in [1.54, 1.807) is 6.07 Å². The molecular formula is C13H17FN2. The van der Waals surface area contributed by atoms with Crippen LogP contribution in [0.15, 0.2) is 18.2 Å². The zero-order chi connectivity index (χ0) is 11.3. The molecule has 1 aromatic carbocycles. The molecular weight excluding hydrogens is 203 g/mol. The van der Waals surface area contributed by atoms with E-state index >= 15 is 0 Å². The van der Waals surface area contributed by atoms with Crippen molar-refractivity contribution < 1.29 is 4.39 Å². The van der Waals surface area contributed by atoms with Gasteiger partial charge in [0, 0.05) is 11.1 Å². The van der Waals surface area contributed by atoms with Crippen LogP contribution in [0.1, 0.15) is 18.9 Å². The summed E-state index contributed by atoms with van der Waals surface area (Å²) in [5, 5.41) is 3.38. The molecule has 3 rings (SSSR count). The standard InChI is InChI=1S/C13H17FN2/c1-2-13(11-6-16-7-12(11)13)8-3-9(14)5-10(15)4-8/h3-5,11-12,16H,2,6-7,15H2,1H3. The summed E-state index contributed by atoms with van der Waals surface area (Å²) in [4.78, 5) is 0. The summed E-state index contributed by atoms with van der Waals surface area (Å²) in [5.41, 5.74) is 7.57. The Balaban J connectivity index is 2.02. The van der Waals surface area contributed by atoms with Crippen LogP contribution in [0.2, 0.25) is 0 Å². The Labute approximate surface area is 95.0 Å². The van der Waals surface area contributed by atoms with Gasteiger partial charge in [0.25, 0.3) is 0 Å². The SMILES string of the molecule is CCC1(c2cc(N)cc(F)c2)C2CNCC21. The predicted molar refractivity (Wildman–Crippen MR) is 62.6 cm³/mol. The van der Waals surface area contributed by atoms with E-state index < -0.39 is 0 Å². The van der Waals surface area contributed by atoms with Crippen LogP contribution in [-0.4, -0.2) is 13.1 Å². The van der Waals surface area contributed by atoms with Crippen molar-refractivity contribution in [2.45, 2.75) is 18.8 Å². The van der Waals surface area contributed by atoms with Crippen LogP contribution in [-0.2, 0) is 5.41 Å². The molecule has 0 bridgehead atoms. The maximum atomic E-state index is 13.4. The van der Waals surface area contributed by atoms with E-state index in [1.807, 2.05) is 6.07 Å². The maximum absolute atomic E-state index is 13.4. The third-order valence-corrected chi connectivity index (χ3v) is 4.47. The summed E-state index contributed by atoms with van der Waals surface area (Å²) in [5.74, 6) is 1.15. The smallest absolute Gasteiger partial charge is 0.125 e. The average molecular weight is 220 g/mol. The van der Waals surface area contributed by atoms with Crippen LogP contribution in [0.25, 0.3) is 0 Å². The molecule has 86 valence electrons. The molecule has 1 aliphatic heterocycles. The minimum Gasteiger partial charge on any atom is -0.399 e. The van der Waals surface area contributed by atoms with Gasteiger partial charge in [0.2, 0.25) is 0 Å². The molecule has 16 heavy (non-hydrogen) atoms. The molecule has 1 aromatic rings. The first kappa shape index (κ1) is 10.1. The Morgan fingerprint density at radius 1 is 1.38 bits per heavy atom. The molecule has 1 saturated carbocycles. The third kappa shape index (κ3) is 1.15. The topological polar surface area (TPSA) is 38.0 Å². The molecule has 0 aromatic heterocycles. The van der Waals surface area contributed by atoms with Crippen LogP contribution < -0.4 is 11.1 Å². The van der Waals surface area contributed by atoms with Gasteiger partial charge in [-0.25, -0.2) is 4.39 Å². The van der Waals surface area contributed by atoms with Crippen molar-refractivity contribution >= 4 is 5.69 Å². The highest BCUT2D eigenvalue weighted by Gasteiger charge is 2.65. The Kier molecular flexibility index (Phi) is 2.02. The predicted octanol–water partition coefficient (Wildman–Crippen LogP) is 1.90. The zero-order valence-electron chi connectivity index (χ0n) is 9.46. The number of nitrogens with one attached hydrogen (secondary N) is 1. The largest absolute Gasteiger partial charge is 0.399 e. The van der Waals surface area contributed by atoms with E-state index in [0.29, 0.717) is 17.5 Å². The lowest BCUT2D eigenvalue weighted by atomic mass is 9.87. The molecule has 1 saturated heterocycles. The molecule has 2 nitrogen and oxygen atoms in total. The summed E-state index contributed by atoms with van der Waals surface area (Å²) in [6, 6.07) is 5.01. The van der Waals surface area contributed by atoms with Crippen LogP contribution in [0.3, 0.4) is 0 Å². The summed E-state index contributed by atoms with van der Waals surface area (Å²) >= 11 is 0. The van der Waals surface area contributed by atoms with Gasteiger partial charge in [-0.1, -0.05) is 6.92 Å². The highest BCUT2D eigenvalue weighted by Crippen LogP contribution is 2.63. The first-order valence-corrected chi connectivity index (χ1v) is 5.95. The fourth-order valence-electron chi connectivity index (χ4n) is 3.69. The van der Waals surface area contributed by atoms with Gasteiger partial charge in [0.05, 0.1) is 0 Å². The van der Waals surface area contributed by atoms with Crippen molar-refractivity contribution in [1.29, 1.82) is 0 Å². The van der Waals surface area contributed by atoms with Crippen molar-refractivity contribution in [3.8, 4) is 0 Å². The first-order valence-electron chi connectivity index (χ1n) is 5.95. The number of hydrogen-bond donors (Lipinski definition) is 2. The fourth-order valence-corrected chi connectivity index (χ4v) is 3.69. The van der Waals surface area contributed by atoms with E-state index in [4.69, 9.17) is 5.73 Å². The highest BCUT2D eigenvalue weighted by atomic mass is 19.1. The van der Waals surface area contributed by atoms with Gasteiger partial charge in [-0.05, 0) is 55.1 Å². The van der Waals surface area contributed by atoms with Gasteiger partial charge in [-0.2, -0.15) is 0 Å². The van der Waals surface area contributed by atoms with Crippen LogP contribution in [0.5, 0.6) is 0 Å².